The molecule has 7 nitrogen and oxygen atoms in total. The third kappa shape index (κ3) is 3.57. The van der Waals surface area contributed by atoms with Gasteiger partial charge in [-0.25, -0.2) is 9.67 Å². The van der Waals surface area contributed by atoms with Gasteiger partial charge in [-0.1, -0.05) is 17.7 Å². The Morgan fingerprint density at radius 2 is 1.97 bits per heavy atom. The van der Waals surface area contributed by atoms with Crippen LogP contribution in [0.4, 0.5) is 5.82 Å². The Labute approximate surface area is 193 Å². The number of hydrogen-bond donors (Lipinski definition) is 1. The van der Waals surface area contributed by atoms with Crippen LogP contribution in [0, 0.1) is 19.8 Å². The first-order valence-corrected chi connectivity index (χ1v) is 11.6. The van der Waals surface area contributed by atoms with Crippen LogP contribution in [-0.2, 0) is 13.0 Å². The number of pyridine rings is 1. The van der Waals surface area contributed by atoms with E-state index >= 15 is 0 Å². The maximum Gasteiger partial charge on any atom is 0.166 e. The Morgan fingerprint density at radius 1 is 1.12 bits per heavy atom. The van der Waals surface area contributed by atoms with Crippen molar-refractivity contribution >= 4 is 5.82 Å². The molecule has 33 heavy (non-hydrogen) atoms. The molecule has 3 aromatic heterocycles. The molecule has 0 amide bonds. The molecule has 168 valence electrons. The van der Waals surface area contributed by atoms with E-state index in [-0.39, 0.29) is 6.10 Å². The quantitative estimate of drug-likeness (QED) is 0.485. The van der Waals surface area contributed by atoms with Crippen LogP contribution in [0.1, 0.15) is 53.9 Å². The number of ether oxygens (including phenoxy) is 1. The summed E-state index contributed by atoms with van der Waals surface area (Å²) in [4.78, 5) is 4.49. The molecule has 2 N–H and O–H groups in total. The number of benzene rings is 1. The van der Waals surface area contributed by atoms with Gasteiger partial charge in [0.15, 0.2) is 11.6 Å². The van der Waals surface area contributed by atoms with Crippen molar-refractivity contribution in [2.45, 2.75) is 52.7 Å². The Kier molecular flexibility index (Phi) is 4.54. The van der Waals surface area contributed by atoms with Crippen LogP contribution in [-0.4, -0.2) is 24.5 Å². The van der Waals surface area contributed by atoms with Crippen LogP contribution >= 0.6 is 0 Å². The summed E-state index contributed by atoms with van der Waals surface area (Å²) < 4.78 is 10.6. The highest BCUT2D eigenvalue weighted by molar-refractivity contribution is 5.68. The smallest absolute Gasteiger partial charge is 0.166 e. The largest absolute Gasteiger partial charge is 0.482 e. The van der Waals surface area contributed by atoms with Gasteiger partial charge in [-0.3, -0.25) is 4.68 Å². The van der Waals surface area contributed by atoms with Crippen LogP contribution in [0.5, 0.6) is 5.75 Å². The number of rotatable bonds is 2. The van der Waals surface area contributed by atoms with Gasteiger partial charge >= 0.3 is 0 Å². The predicted octanol–water partition coefficient (Wildman–Crippen LogP) is 4.78. The average molecular weight is 441 g/mol. The molecule has 0 radical (unpaired) electrons. The van der Waals surface area contributed by atoms with Crippen LogP contribution in [0.25, 0.3) is 16.9 Å². The predicted molar refractivity (Wildman–Crippen MR) is 127 cm³/mol. The topological polar surface area (TPSA) is 83.8 Å². The first-order chi connectivity index (χ1) is 16.0. The van der Waals surface area contributed by atoms with Gasteiger partial charge in [0.25, 0.3) is 0 Å². The van der Waals surface area contributed by atoms with Crippen LogP contribution < -0.4 is 10.5 Å². The van der Waals surface area contributed by atoms with E-state index in [9.17, 15) is 0 Å². The minimum Gasteiger partial charge on any atom is -0.482 e. The third-order valence-electron chi connectivity index (χ3n) is 6.63. The van der Waals surface area contributed by atoms with Gasteiger partial charge in [0.1, 0.15) is 6.10 Å². The lowest BCUT2D eigenvalue weighted by molar-refractivity contribution is 0.227. The maximum atomic E-state index is 6.43. The van der Waals surface area contributed by atoms with E-state index in [4.69, 9.17) is 20.7 Å². The van der Waals surface area contributed by atoms with Gasteiger partial charge in [0.05, 0.1) is 23.3 Å². The lowest BCUT2D eigenvalue weighted by atomic mass is 10.0. The Balaban J connectivity index is 1.60. The molecule has 2 aliphatic rings. The maximum absolute atomic E-state index is 6.43. The van der Waals surface area contributed by atoms with Gasteiger partial charge in [-0.05, 0) is 57.7 Å². The zero-order valence-electron chi connectivity index (χ0n) is 19.2. The summed E-state index contributed by atoms with van der Waals surface area (Å²) >= 11 is 0. The number of hydrogen-bond acceptors (Lipinski definition) is 5. The fraction of sp³-hybridized carbons (Fsp3) is 0.346. The van der Waals surface area contributed by atoms with Crippen molar-refractivity contribution in [2.24, 2.45) is 5.92 Å². The summed E-state index contributed by atoms with van der Waals surface area (Å²) in [6.07, 6.45) is 6.86. The summed E-state index contributed by atoms with van der Waals surface area (Å²) in [5.74, 6) is 1.69. The zero-order chi connectivity index (χ0) is 22.7. The van der Waals surface area contributed by atoms with Crippen LogP contribution in [0.2, 0.25) is 0 Å². The number of nitrogens with zero attached hydrogens (tertiary/aromatic N) is 5. The van der Waals surface area contributed by atoms with Gasteiger partial charge in [0, 0.05) is 41.5 Å². The van der Waals surface area contributed by atoms with Crippen LogP contribution in [0.15, 0.2) is 42.7 Å². The molecule has 6 rings (SSSR count). The molecule has 0 saturated heterocycles. The van der Waals surface area contributed by atoms with Crippen LogP contribution in [0.3, 0.4) is 0 Å². The number of aryl methyl sites for hydroxylation is 2. The highest BCUT2D eigenvalue weighted by Crippen LogP contribution is 2.37. The van der Waals surface area contributed by atoms with Crippen molar-refractivity contribution < 1.29 is 4.74 Å². The second-order valence-electron chi connectivity index (χ2n) is 9.44. The average Bonchev–Trinajstić information content (AvgIpc) is 3.41. The first-order valence-electron chi connectivity index (χ1n) is 11.6. The summed E-state index contributed by atoms with van der Waals surface area (Å²) in [6, 6.07) is 10.6. The van der Waals surface area contributed by atoms with E-state index in [0.29, 0.717) is 17.5 Å². The minimum absolute atomic E-state index is 0.230. The fourth-order valence-corrected chi connectivity index (χ4v) is 4.78. The highest BCUT2D eigenvalue weighted by Gasteiger charge is 2.27. The molecule has 4 aromatic rings. The molecule has 4 heterocycles. The second kappa shape index (κ2) is 7.47. The molecule has 1 saturated carbocycles. The Bertz CT molecular complexity index is 1360. The van der Waals surface area contributed by atoms with E-state index in [2.05, 4.69) is 52.5 Å². The molecule has 1 fully saturated rings. The number of nitrogens with two attached hydrogens (primary N) is 1. The number of anilines is 1. The number of nitrogen functional groups attached to an aromatic ring is 1. The molecule has 0 unspecified atom stereocenters. The second-order valence-corrected chi connectivity index (χ2v) is 9.44. The van der Waals surface area contributed by atoms with Crippen molar-refractivity contribution in [3.63, 3.8) is 0 Å². The lowest BCUT2D eigenvalue weighted by Gasteiger charge is -2.22. The molecule has 7 heteroatoms. The molecule has 0 spiro atoms. The van der Waals surface area contributed by atoms with Gasteiger partial charge in [-0.2, -0.15) is 10.2 Å². The SMILES string of the molecule is Cc1ccc2c(c1)[C@@H](C)Oc1cc(cnc1N)-c1c(cnn1CC1CC1)Cc1cc(C)nn1-2. The van der Waals surface area contributed by atoms with E-state index in [1.165, 1.54) is 18.4 Å². The van der Waals surface area contributed by atoms with Crippen molar-refractivity contribution in [1.29, 1.82) is 0 Å². The molecule has 1 atom stereocenters. The molecule has 1 aliphatic carbocycles. The fourth-order valence-electron chi connectivity index (χ4n) is 4.78. The van der Waals surface area contributed by atoms with Crippen molar-refractivity contribution in [3.05, 3.63) is 70.8 Å². The summed E-state index contributed by atoms with van der Waals surface area (Å²) in [7, 11) is 0. The van der Waals surface area contributed by atoms with E-state index in [1.54, 1.807) is 0 Å². The lowest BCUT2D eigenvalue weighted by Crippen LogP contribution is -2.14. The van der Waals surface area contributed by atoms with Gasteiger partial charge < -0.3 is 10.5 Å². The molecule has 1 aliphatic heterocycles. The van der Waals surface area contributed by atoms with Gasteiger partial charge in [-0.15, -0.1) is 0 Å². The monoisotopic (exact) mass is 440 g/mol. The highest BCUT2D eigenvalue weighted by atomic mass is 16.5. The van der Waals surface area contributed by atoms with E-state index in [1.807, 2.05) is 25.4 Å². The molecule has 2 bridgehead atoms. The molecule has 1 aromatic carbocycles. The van der Waals surface area contributed by atoms with Crippen molar-refractivity contribution in [1.82, 2.24) is 24.5 Å². The van der Waals surface area contributed by atoms with Crippen molar-refractivity contribution in [3.8, 4) is 22.7 Å². The first kappa shape index (κ1) is 20.0. The standard InChI is InChI=1S/C26H28N6O/c1-15-4-7-23-22(8-15)17(3)33-24-11-20(12-28-26(24)27)25-19(10-21-9-16(2)30-32(21)23)13-29-31(25)14-18-5-6-18/h4,7-9,11-13,17-18H,5-6,10,14H2,1-3H3,(H2,27,28)/t17-/m1/s1. The Hall–Kier alpha value is -3.61. The molecular weight excluding hydrogens is 412 g/mol. The summed E-state index contributed by atoms with van der Waals surface area (Å²) in [5, 5.41) is 9.65. The third-order valence-corrected chi connectivity index (χ3v) is 6.63. The van der Waals surface area contributed by atoms with E-state index in [0.717, 1.165) is 52.4 Å². The van der Waals surface area contributed by atoms with Crippen molar-refractivity contribution in [2.75, 3.05) is 5.73 Å². The summed E-state index contributed by atoms with van der Waals surface area (Å²) in [5.41, 5.74) is 14.8. The minimum atomic E-state index is -0.230. The van der Waals surface area contributed by atoms with E-state index < -0.39 is 0 Å². The normalized spacial score (nSPS) is 17.2. The Morgan fingerprint density at radius 3 is 2.79 bits per heavy atom. The van der Waals surface area contributed by atoms with Gasteiger partial charge in [0.2, 0.25) is 0 Å². The molecular formula is C26H28N6O. The zero-order valence-corrected chi connectivity index (χ0v) is 19.2. The number of aromatic nitrogens is 5. The number of fused-ring (bicyclic) bond motifs is 7. The summed E-state index contributed by atoms with van der Waals surface area (Å²) in [6.45, 7) is 7.11.